The van der Waals surface area contributed by atoms with Gasteiger partial charge < -0.3 is 14.8 Å². The largest absolute Gasteiger partial charge is 0.496 e. The molecule has 0 saturated carbocycles. The smallest absolute Gasteiger partial charge is 0.338 e. The molecule has 0 fully saturated rings. The molecule has 1 N–H and O–H groups in total. The molecule has 26 heavy (non-hydrogen) atoms. The Balaban J connectivity index is 1.91. The third kappa shape index (κ3) is 5.33. The molecule has 0 aliphatic rings. The highest BCUT2D eigenvalue weighted by molar-refractivity contribution is 9.10. The van der Waals surface area contributed by atoms with Crippen LogP contribution < -0.4 is 10.1 Å². The second kappa shape index (κ2) is 9.38. The Kier molecular flexibility index (Phi) is 7.21. The molecule has 0 saturated heterocycles. The zero-order chi connectivity index (χ0) is 19.1. The number of aryl methyl sites for hydroxylation is 1. The number of amides is 1. The molecule has 0 aliphatic heterocycles. The zero-order valence-corrected chi connectivity index (χ0v) is 16.6. The molecular formula is C20H22BrNO4. The van der Waals surface area contributed by atoms with Crippen molar-refractivity contribution in [3.8, 4) is 5.75 Å². The second-order valence-corrected chi connectivity index (χ2v) is 6.72. The van der Waals surface area contributed by atoms with E-state index in [0.29, 0.717) is 15.8 Å². The van der Waals surface area contributed by atoms with Gasteiger partial charge in [0.05, 0.1) is 23.2 Å². The Morgan fingerprint density at radius 1 is 1.15 bits per heavy atom. The first-order valence-corrected chi connectivity index (χ1v) is 9.10. The van der Waals surface area contributed by atoms with E-state index in [9.17, 15) is 9.59 Å². The molecule has 6 heteroatoms. The highest BCUT2D eigenvalue weighted by atomic mass is 79.9. The molecule has 2 rings (SSSR count). The second-order valence-electron chi connectivity index (χ2n) is 5.86. The van der Waals surface area contributed by atoms with Crippen LogP contribution in [0.15, 0.2) is 46.9 Å². The number of rotatable bonds is 7. The number of carbonyl (C=O) groups excluding carboxylic acids is 2. The van der Waals surface area contributed by atoms with Gasteiger partial charge in [-0.3, -0.25) is 4.79 Å². The molecule has 2 aromatic carbocycles. The van der Waals surface area contributed by atoms with Gasteiger partial charge in [0.25, 0.3) is 5.91 Å². The zero-order valence-electron chi connectivity index (χ0n) is 15.0. The van der Waals surface area contributed by atoms with Crippen molar-refractivity contribution in [2.24, 2.45) is 0 Å². The lowest BCUT2D eigenvalue weighted by Crippen LogP contribution is -2.32. The van der Waals surface area contributed by atoms with E-state index in [2.05, 4.69) is 21.2 Å². The molecule has 0 heterocycles. The van der Waals surface area contributed by atoms with Crippen molar-refractivity contribution in [2.75, 3.05) is 13.7 Å². The SMILES string of the molecule is CC[C@H](NC(=O)COC(=O)c1ccc(OC)c(Br)c1)c1ccc(C)cc1. The highest BCUT2D eigenvalue weighted by Gasteiger charge is 2.16. The van der Waals surface area contributed by atoms with Crippen molar-refractivity contribution >= 4 is 27.8 Å². The summed E-state index contributed by atoms with van der Waals surface area (Å²) in [4.78, 5) is 24.2. The third-order valence-electron chi connectivity index (χ3n) is 3.95. The first kappa shape index (κ1) is 20.0. The van der Waals surface area contributed by atoms with Crippen molar-refractivity contribution in [1.82, 2.24) is 5.32 Å². The number of halogens is 1. The quantitative estimate of drug-likeness (QED) is 0.683. The van der Waals surface area contributed by atoms with Gasteiger partial charge in [-0.1, -0.05) is 36.8 Å². The predicted octanol–water partition coefficient (Wildman–Crippen LogP) is 4.19. The summed E-state index contributed by atoms with van der Waals surface area (Å²) in [5, 5.41) is 2.89. The lowest BCUT2D eigenvalue weighted by Gasteiger charge is -2.17. The number of carbonyl (C=O) groups is 2. The molecule has 2 aromatic rings. The Labute approximate surface area is 161 Å². The fraction of sp³-hybridized carbons (Fsp3) is 0.300. The van der Waals surface area contributed by atoms with Crippen molar-refractivity contribution < 1.29 is 19.1 Å². The number of esters is 1. The van der Waals surface area contributed by atoms with E-state index >= 15 is 0 Å². The topological polar surface area (TPSA) is 64.6 Å². The lowest BCUT2D eigenvalue weighted by molar-refractivity contribution is -0.125. The maximum absolute atomic E-state index is 12.1. The van der Waals surface area contributed by atoms with Gasteiger partial charge in [0.2, 0.25) is 0 Å². The molecule has 138 valence electrons. The van der Waals surface area contributed by atoms with Crippen molar-refractivity contribution in [3.05, 3.63) is 63.6 Å². The van der Waals surface area contributed by atoms with Crippen molar-refractivity contribution in [1.29, 1.82) is 0 Å². The Bertz CT molecular complexity index is 774. The summed E-state index contributed by atoms with van der Waals surface area (Å²) in [6.45, 7) is 3.68. The minimum Gasteiger partial charge on any atom is -0.496 e. The van der Waals surface area contributed by atoms with Gasteiger partial charge in [-0.2, -0.15) is 0 Å². The number of ether oxygens (including phenoxy) is 2. The van der Waals surface area contributed by atoms with Crippen LogP contribution in [-0.4, -0.2) is 25.6 Å². The summed E-state index contributed by atoms with van der Waals surface area (Å²) in [7, 11) is 1.54. The van der Waals surface area contributed by atoms with Crippen LogP contribution in [0.25, 0.3) is 0 Å². The minimum atomic E-state index is -0.563. The molecular weight excluding hydrogens is 398 g/mol. The Morgan fingerprint density at radius 2 is 1.85 bits per heavy atom. The number of benzene rings is 2. The molecule has 0 bridgehead atoms. The van der Waals surface area contributed by atoms with E-state index in [1.807, 2.05) is 38.1 Å². The highest BCUT2D eigenvalue weighted by Crippen LogP contribution is 2.25. The van der Waals surface area contributed by atoms with Gasteiger partial charge in [0.1, 0.15) is 5.75 Å². The van der Waals surface area contributed by atoms with Gasteiger partial charge in [0, 0.05) is 0 Å². The molecule has 0 aromatic heterocycles. The predicted molar refractivity (Wildman–Crippen MR) is 103 cm³/mol. The summed E-state index contributed by atoms with van der Waals surface area (Å²) >= 11 is 3.32. The van der Waals surface area contributed by atoms with Gasteiger partial charge in [0.15, 0.2) is 6.61 Å². The molecule has 5 nitrogen and oxygen atoms in total. The molecule has 0 spiro atoms. The first-order valence-electron chi connectivity index (χ1n) is 8.31. The maximum Gasteiger partial charge on any atom is 0.338 e. The van der Waals surface area contributed by atoms with Crippen LogP contribution in [0.1, 0.15) is 40.9 Å². The summed E-state index contributed by atoms with van der Waals surface area (Å²) in [6, 6.07) is 12.7. The van der Waals surface area contributed by atoms with Crippen LogP contribution in [0.5, 0.6) is 5.75 Å². The average Bonchev–Trinajstić information content (AvgIpc) is 2.64. The van der Waals surface area contributed by atoms with Crippen molar-refractivity contribution in [3.63, 3.8) is 0 Å². The fourth-order valence-electron chi connectivity index (χ4n) is 2.46. The van der Waals surface area contributed by atoms with E-state index in [0.717, 1.165) is 17.5 Å². The van der Waals surface area contributed by atoms with Crippen LogP contribution in [0.2, 0.25) is 0 Å². The molecule has 0 unspecified atom stereocenters. The molecule has 0 radical (unpaired) electrons. The fourth-order valence-corrected chi connectivity index (χ4v) is 3.00. The van der Waals surface area contributed by atoms with E-state index in [1.165, 1.54) is 0 Å². The van der Waals surface area contributed by atoms with E-state index in [-0.39, 0.29) is 18.6 Å². The Morgan fingerprint density at radius 3 is 2.42 bits per heavy atom. The normalized spacial score (nSPS) is 11.5. The van der Waals surface area contributed by atoms with Gasteiger partial charge >= 0.3 is 5.97 Å². The van der Waals surface area contributed by atoms with E-state index in [4.69, 9.17) is 9.47 Å². The molecule has 0 aliphatic carbocycles. The summed E-state index contributed by atoms with van der Waals surface area (Å²) in [6.07, 6.45) is 0.744. The third-order valence-corrected chi connectivity index (χ3v) is 4.56. The number of nitrogens with one attached hydrogen (secondary N) is 1. The minimum absolute atomic E-state index is 0.114. The summed E-state index contributed by atoms with van der Waals surface area (Å²) < 4.78 is 10.9. The standard InChI is InChI=1S/C20H22BrNO4/c1-4-17(14-7-5-13(2)6-8-14)22-19(23)12-26-20(24)15-9-10-18(25-3)16(21)11-15/h5-11,17H,4,12H2,1-3H3,(H,22,23)/t17-/m0/s1. The first-order chi connectivity index (χ1) is 12.4. The van der Waals surface area contributed by atoms with Gasteiger partial charge in [-0.15, -0.1) is 0 Å². The van der Waals surface area contributed by atoms with Gasteiger partial charge in [-0.05, 0) is 53.0 Å². The molecule has 1 amide bonds. The van der Waals surface area contributed by atoms with Gasteiger partial charge in [-0.25, -0.2) is 4.79 Å². The van der Waals surface area contributed by atoms with Crippen LogP contribution in [0, 0.1) is 6.92 Å². The number of hydrogen-bond acceptors (Lipinski definition) is 4. The number of hydrogen-bond donors (Lipinski definition) is 1. The van der Waals surface area contributed by atoms with Crippen LogP contribution in [0.4, 0.5) is 0 Å². The van der Waals surface area contributed by atoms with E-state index < -0.39 is 5.97 Å². The van der Waals surface area contributed by atoms with E-state index in [1.54, 1.807) is 25.3 Å². The molecule has 1 atom stereocenters. The number of methoxy groups -OCH3 is 1. The Hall–Kier alpha value is -2.34. The van der Waals surface area contributed by atoms with Crippen LogP contribution >= 0.6 is 15.9 Å². The monoisotopic (exact) mass is 419 g/mol. The van der Waals surface area contributed by atoms with Crippen molar-refractivity contribution in [2.45, 2.75) is 26.3 Å². The van der Waals surface area contributed by atoms with Crippen LogP contribution in [-0.2, 0) is 9.53 Å². The average molecular weight is 420 g/mol. The van der Waals surface area contributed by atoms with Crippen LogP contribution in [0.3, 0.4) is 0 Å². The summed E-state index contributed by atoms with van der Waals surface area (Å²) in [5.41, 5.74) is 2.53. The lowest BCUT2D eigenvalue weighted by atomic mass is 10.0. The summed E-state index contributed by atoms with van der Waals surface area (Å²) in [5.74, 6) is -0.284. The maximum atomic E-state index is 12.1.